The molecule has 18 atom stereocenters. The van der Waals surface area contributed by atoms with E-state index in [0.29, 0.717) is 12.8 Å². The third kappa shape index (κ3) is 7.08. The number of nitrogens with two attached hydrogens (primary N) is 7. The predicted molar refractivity (Wildman–Crippen MR) is 147 cm³/mol. The molecule has 2 aliphatic heterocycles. The summed E-state index contributed by atoms with van der Waals surface area (Å²) in [6, 6.07) is -3.40. The second-order valence-corrected chi connectivity index (χ2v) is 12.1. The van der Waals surface area contributed by atoms with E-state index >= 15 is 0 Å². The van der Waals surface area contributed by atoms with Gasteiger partial charge in [-0.05, 0) is 32.2 Å². The molecule has 19 N–H and O–H groups in total. The number of ether oxygens (including phenoxy) is 5. The van der Waals surface area contributed by atoms with E-state index in [1.165, 1.54) is 0 Å². The van der Waals surface area contributed by atoms with Crippen molar-refractivity contribution in [2.45, 2.75) is 130 Å². The van der Waals surface area contributed by atoms with Crippen LogP contribution in [0.5, 0.6) is 0 Å². The largest absolute Gasteiger partial charge is 0.394 e. The van der Waals surface area contributed by atoms with Crippen LogP contribution in [0.15, 0.2) is 0 Å². The minimum absolute atomic E-state index is 0.0818. The van der Waals surface area contributed by atoms with Gasteiger partial charge in [-0.15, -0.1) is 0 Å². The molecule has 2 aliphatic carbocycles. The van der Waals surface area contributed by atoms with Gasteiger partial charge in [0.25, 0.3) is 0 Å². The molecular weight excluding hydrogens is 558 g/mol. The summed E-state index contributed by atoms with van der Waals surface area (Å²) in [6.07, 6.45) is -11.5. The molecule has 246 valence electrons. The number of hydrogen-bond donors (Lipinski definition) is 12. The van der Waals surface area contributed by atoms with Crippen molar-refractivity contribution in [2.24, 2.45) is 46.1 Å². The Kier molecular flexibility index (Phi) is 11.9. The van der Waals surface area contributed by atoms with Crippen LogP contribution in [-0.2, 0) is 23.7 Å². The van der Waals surface area contributed by atoms with Crippen LogP contribution in [0.4, 0.5) is 0 Å². The van der Waals surface area contributed by atoms with Crippen molar-refractivity contribution < 1.29 is 49.2 Å². The second-order valence-electron chi connectivity index (χ2n) is 12.1. The van der Waals surface area contributed by atoms with Crippen LogP contribution in [0.1, 0.15) is 25.7 Å². The van der Waals surface area contributed by atoms with Gasteiger partial charge in [-0.3, -0.25) is 0 Å². The third-order valence-corrected chi connectivity index (χ3v) is 9.14. The third-order valence-electron chi connectivity index (χ3n) is 9.14. The zero-order chi connectivity index (χ0) is 30.9. The summed E-state index contributed by atoms with van der Waals surface area (Å²) in [7, 11) is 0. The Bertz CT molecular complexity index is 853. The molecule has 0 amide bonds. The number of aliphatic hydroxyl groups is 5. The van der Waals surface area contributed by atoms with Gasteiger partial charge >= 0.3 is 0 Å². The Hall–Kier alpha value is -0.680. The minimum atomic E-state index is -1.46. The van der Waals surface area contributed by atoms with Gasteiger partial charge in [-0.1, -0.05) is 0 Å². The smallest absolute Gasteiger partial charge is 0.187 e. The van der Waals surface area contributed by atoms with Gasteiger partial charge in [0.1, 0.15) is 30.5 Å². The zero-order valence-corrected chi connectivity index (χ0v) is 23.7. The zero-order valence-electron chi connectivity index (χ0n) is 23.7. The summed E-state index contributed by atoms with van der Waals surface area (Å²) >= 11 is 0. The van der Waals surface area contributed by atoms with E-state index in [9.17, 15) is 25.5 Å². The lowest BCUT2D eigenvalue weighted by molar-refractivity contribution is -0.289. The second kappa shape index (κ2) is 14.6. The summed E-state index contributed by atoms with van der Waals surface area (Å²) in [5.41, 5.74) is 42.5. The van der Waals surface area contributed by atoms with Crippen LogP contribution >= 0.6 is 0 Å². The van der Waals surface area contributed by atoms with Gasteiger partial charge in [0.05, 0.1) is 49.2 Å². The first-order valence-electron chi connectivity index (χ1n) is 14.7. The molecule has 0 radical (unpaired) electrons. The number of aliphatic hydroxyl groups excluding tert-OH is 5. The van der Waals surface area contributed by atoms with Gasteiger partial charge in [0.15, 0.2) is 12.6 Å². The fourth-order valence-corrected chi connectivity index (χ4v) is 6.39. The maximum absolute atomic E-state index is 11.2. The van der Waals surface area contributed by atoms with E-state index in [1.54, 1.807) is 0 Å². The lowest BCUT2D eigenvalue weighted by Crippen LogP contribution is -2.65. The first kappa shape index (κ1) is 34.2. The topological polar surface area (TPSA) is 329 Å². The quantitative estimate of drug-likeness (QED) is 0.109. The highest BCUT2D eigenvalue weighted by molar-refractivity contribution is 5.02. The van der Waals surface area contributed by atoms with Crippen molar-refractivity contribution >= 4 is 0 Å². The maximum Gasteiger partial charge on any atom is 0.187 e. The highest BCUT2D eigenvalue weighted by Crippen LogP contribution is 2.35. The molecule has 0 spiro atoms. The van der Waals surface area contributed by atoms with Gasteiger partial charge in [0, 0.05) is 30.6 Å². The van der Waals surface area contributed by atoms with Gasteiger partial charge in [-0.2, -0.15) is 0 Å². The fraction of sp³-hybridized carbons (Fsp3) is 1.00. The molecular formula is C25H51N7O10. The molecule has 1 unspecified atom stereocenters. The predicted octanol–water partition coefficient (Wildman–Crippen LogP) is -6.85. The van der Waals surface area contributed by atoms with Gasteiger partial charge in [-0.25, -0.2) is 0 Å². The molecule has 17 heteroatoms. The van der Waals surface area contributed by atoms with E-state index in [2.05, 4.69) is 0 Å². The number of hydrogen-bond acceptors (Lipinski definition) is 17. The Labute approximate surface area is 244 Å². The molecule has 0 aromatic rings. The van der Waals surface area contributed by atoms with Crippen LogP contribution in [0, 0.1) is 5.92 Å². The highest BCUT2D eigenvalue weighted by Gasteiger charge is 2.53. The standard InChI is InChI=1S/C25H51N7O10/c26-5-8-3-14(16(32)19(36)17(8)34)38-22-15(7-33)40-25(20(22)37)42-23-18(35)10(29)4-11(30)21(23)41-24-9(28)1-2-13(39-24)12(31)6-27/h8-25,33-37H,1-7,26-32H2/t8-,9+,10+,11-,12-,13-,14?,15+,16-,17+,18-,19+,20+,21+,22+,23+,24+,25-/m0/s1. The van der Waals surface area contributed by atoms with E-state index in [4.69, 9.17) is 63.8 Å². The average molecular weight is 610 g/mol. The SMILES string of the molecule is NC[C@@H]1CC(O[C@H]2[C@@H](O)[C@H](O[C@@H]3[C@@H](O)[C@H](N)C[C@H](N)[C@H]3O[C@H]3O[C@H]([C@@H](N)CN)CC[C@H]3N)O[C@@H]2CO)[C@H](N)[C@@H](O)[C@@H]1O. The maximum atomic E-state index is 11.2. The van der Waals surface area contributed by atoms with Crippen LogP contribution in [0.2, 0.25) is 0 Å². The molecule has 0 bridgehead atoms. The van der Waals surface area contributed by atoms with Crippen molar-refractivity contribution in [3.8, 4) is 0 Å². The van der Waals surface area contributed by atoms with Crippen LogP contribution < -0.4 is 40.1 Å². The molecule has 0 aromatic carbocycles. The van der Waals surface area contributed by atoms with E-state index in [-0.39, 0.29) is 32.0 Å². The number of rotatable bonds is 10. The summed E-state index contributed by atoms with van der Waals surface area (Å²) in [5.74, 6) is -0.491. The molecule has 17 nitrogen and oxygen atoms in total. The Morgan fingerprint density at radius 2 is 1.40 bits per heavy atom. The Morgan fingerprint density at radius 3 is 2.05 bits per heavy atom. The average Bonchev–Trinajstić information content (AvgIpc) is 3.27. The van der Waals surface area contributed by atoms with Crippen LogP contribution in [-0.4, -0.2) is 149 Å². The summed E-state index contributed by atoms with van der Waals surface area (Å²) in [6.45, 7) is -0.258. The Balaban J connectivity index is 1.48. The molecule has 42 heavy (non-hydrogen) atoms. The van der Waals surface area contributed by atoms with E-state index < -0.39 is 110 Å². The fourth-order valence-electron chi connectivity index (χ4n) is 6.39. The molecule has 0 aromatic heterocycles. The molecule has 2 saturated heterocycles. The lowest BCUT2D eigenvalue weighted by atomic mass is 9.79. The van der Waals surface area contributed by atoms with Crippen molar-refractivity contribution in [3.05, 3.63) is 0 Å². The molecule has 4 aliphatic rings. The van der Waals surface area contributed by atoms with Crippen molar-refractivity contribution in [1.29, 1.82) is 0 Å². The lowest BCUT2D eigenvalue weighted by Gasteiger charge is -2.46. The summed E-state index contributed by atoms with van der Waals surface area (Å²) in [4.78, 5) is 0. The first-order valence-corrected chi connectivity index (χ1v) is 14.7. The summed E-state index contributed by atoms with van der Waals surface area (Å²) < 4.78 is 30.2. The van der Waals surface area contributed by atoms with E-state index in [0.717, 1.165) is 0 Å². The summed E-state index contributed by atoms with van der Waals surface area (Å²) in [5, 5.41) is 52.9. The Morgan fingerprint density at radius 1 is 0.714 bits per heavy atom. The molecule has 2 heterocycles. The van der Waals surface area contributed by atoms with Crippen molar-refractivity contribution in [3.63, 3.8) is 0 Å². The van der Waals surface area contributed by atoms with Gasteiger partial charge in [0.2, 0.25) is 0 Å². The monoisotopic (exact) mass is 609 g/mol. The van der Waals surface area contributed by atoms with Crippen molar-refractivity contribution in [1.82, 2.24) is 0 Å². The van der Waals surface area contributed by atoms with Crippen LogP contribution in [0.3, 0.4) is 0 Å². The normalized spacial score (nSPS) is 51.0. The molecule has 4 fully saturated rings. The van der Waals surface area contributed by atoms with Gasteiger partial charge < -0.3 is 89.4 Å². The molecule has 2 saturated carbocycles. The highest BCUT2D eigenvalue weighted by atomic mass is 16.7. The first-order chi connectivity index (χ1) is 19.9. The minimum Gasteiger partial charge on any atom is -0.394 e. The van der Waals surface area contributed by atoms with E-state index in [1.807, 2.05) is 0 Å². The molecule has 4 rings (SSSR count). The van der Waals surface area contributed by atoms with Crippen LogP contribution in [0.25, 0.3) is 0 Å². The van der Waals surface area contributed by atoms with Crippen molar-refractivity contribution in [2.75, 3.05) is 19.7 Å².